The van der Waals surface area contributed by atoms with Gasteiger partial charge in [0.1, 0.15) is 0 Å². The van der Waals surface area contributed by atoms with Gasteiger partial charge < -0.3 is 0 Å². The number of hydrogen-bond donors (Lipinski definition) is 0. The third-order valence-corrected chi connectivity index (χ3v) is 2.44. The smallest absolute Gasteiger partial charge is 0.0619 e. The highest BCUT2D eigenvalue weighted by Gasteiger charge is 2.43. The molecule has 0 amide bonds. The van der Waals surface area contributed by atoms with Crippen LogP contribution in [0.3, 0.4) is 0 Å². The molecular formula is C5H8ClN. The first-order valence-corrected chi connectivity index (χ1v) is 3.20. The summed E-state index contributed by atoms with van der Waals surface area (Å²) in [6.45, 7) is 2.44. The lowest BCUT2D eigenvalue weighted by molar-refractivity contribution is 0.00332. The van der Waals surface area contributed by atoms with E-state index in [2.05, 4.69) is 4.90 Å². The van der Waals surface area contributed by atoms with Gasteiger partial charge in [0, 0.05) is 19.1 Å². The van der Waals surface area contributed by atoms with E-state index in [1.807, 2.05) is 0 Å². The fourth-order valence-corrected chi connectivity index (χ4v) is 1.77. The van der Waals surface area contributed by atoms with E-state index in [4.69, 9.17) is 11.6 Å². The van der Waals surface area contributed by atoms with E-state index in [1.54, 1.807) is 0 Å². The zero-order valence-corrected chi connectivity index (χ0v) is 4.86. The first kappa shape index (κ1) is 4.16. The van der Waals surface area contributed by atoms with Gasteiger partial charge in [0.2, 0.25) is 0 Å². The maximum atomic E-state index is 5.80. The number of rotatable bonds is 0. The maximum absolute atomic E-state index is 5.80. The van der Waals surface area contributed by atoms with Gasteiger partial charge in [0.25, 0.3) is 0 Å². The summed E-state index contributed by atoms with van der Waals surface area (Å²) in [7, 11) is 0. The Morgan fingerprint density at radius 3 is 2.43 bits per heavy atom. The standard InChI is InChI=1S/C5H8ClN/c6-4-3-7-2-1-5(4)7/h4-5H,1-3H2. The van der Waals surface area contributed by atoms with Crippen molar-refractivity contribution in [3.8, 4) is 0 Å². The monoisotopic (exact) mass is 117 g/mol. The molecule has 0 bridgehead atoms. The molecule has 2 saturated heterocycles. The van der Waals surface area contributed by atoms with Crippen molar-refractivity contribution in [3.63, 3.8) is 0 Å². The van der Waals surface area contributed by atoms with E-state index in [9.17, 15) is 0 Å². The van der Waals surface area contributed by atoms with Gasteiger partial charge >= 0.3 is 0 Å². The quantitative estimate of drug-likeness (QED) is 0.422. The zero-order valence-electron chi connectivity index (χ0n) is 4.10. The molecule has 1 nitrogen and oxygen atoms in total. The summed E-state index contributed by atoms with van der Waals surface area (Å²) >= 11 is 5.80. The molecule has 2 heteroatoms. The summed E-state index contributed by atoms with van der Waals surface area (Å²) in [5.74, 6) is 0. The number of hydrogen-bond acceptors (Lipinski definition) is 1. The summed E-state index contributed by atoms with van der Waals surface area (Å²) < 4.78 is 0. The van der Waals surface area contributed by atoms with Gasteiger partial charge in [0.05, 0.1) is 5.38 Å². The van der Waals surface area contributed by atoms with Crippen molar-refractivity contribution in [1.82, 2.24) is 4.90 Å². The fraction of sp³-hybridized carbons (Fsp3) is 1.00. The Balaban J connectivity index is 1.99. The summed E-state index contributed by atoms with van der Waals surface area (Å²) in [5, 5.41) is 0.494. The Hall–Kier alpha value is 0.250. The summed E-state index contributed by atoms with van der Waals surface area (Å²) in [4.78, 5) is 2.41. The van der Waals surface area contributed by atoms with E-state index >= 15 is 0 Å². The highest BCUT2D eigenvalue weighted by Crippen LogP contribution is 2.33. The largest absolute Gasteiger partial charge is 0.297 e. The molecule has 0 spiro atoms. The van der Waals surface area contributed by atoms with Gasteiger partial charge in [-0.3, -0.25) is 4.90 Å². The Morgan fingerprint density at radius 1 is 1.57 bits per heavy atom. The van der Waals surface area contributed by atoms with E-state index in [-0.39, 0.29) is 0 Å². The van der Waals surface area contributed by atoms with Gasteiger partial charge in [0.15, 0.2) is 0 Å². The second kappa shape index (κ2) is 1.15. The molecule has 7 heavy (non-hydrogen) atoms. The van der Waals surface area contributed by atoms with Crippen molar-refractivity contribution in [2.24, 2.45) is 0 Å². The number of nitrogens with zero attached hydrogens (tertiary/aromatic N) is 1. The Kier molecular flexibility index (Phi) is 0.682. The molecule has 0 aromatic carbocycles. The van der Waals surface area contributed by atoms with Crippen LogP contribution in [-0.4, -0.2) is 29.4 Å². The molecule has 2 unspecified atom stereocenters. The van der Waals surface area contributed by atoms with Gasteiger partial charge in [-0.05, 0) is 6.42 Å². The lowest BCUT2D eigenvalue weighted by atomic mass is 9.90. The highest BCUT2D eigenvalue weighted by molar-refractivity contribution is 6.22. The molecule has 40 valence electrons. The van der Waals surface area contributed by atoms with Crippen molar-refractivity contribution < 1.29 is 0 Å². The molecule has 0 aliphatic carbocycles. The molecule has 2 aliphatic rings. The molecule has 2 heterocycles. The average Bonchev–Trinajstić information content (AvgIpc) is 1.59. The van der Waals surface area contributed by atoms with E-state index in [1.165, 1.54) is 13.0 Å². The van der Waals surface area contributed by atoms with Crippen LogP contribution in [-0.2, 0) is 0 Å². The second-order valence-corrected chi connectivity index (χ2v) is 2.93. The molecule has 0 radical (unpaired) electrons. The molecule has 2 aliphatic heterocycles. The lowest BCUT2D eigenvalue weighted by Gasteiger charge is -2.53. The topological polar surface area (TPSA) is 3.24 Å². The molecule has 0 saturated carbocycles. The van der Waals surface area contributed by atoms with Crippen LogP contribution in [0.2, 0.25) is 0 Å². The third-order valence-electron chi connectivity index (χ3n) is 2.01. The number of alkyl halides is 1. The van der Waals surface area contributed by atoms with E-state index in [0.29, 0.717) is 5.38 Å². The van der Waals surface area contributed by atoms with Crippen LogP contribution in [0.4, 0.5) is 0 Å². The summed E-state index contributed by atoms with van der Waals surface area (Å²) in [6, 6.07) is 0.779. The maximum Gasteiger partial charge on any atom is 0.0619 e. The minimum Gasteiger partial charge on any atom is -0.297 e. The lowest BCUT2D eigenvalue weighted by Crippen LogP contribution is -2.65. The minimum atomic E-state index is 0.494. The predicted octanol–water partition coefficient (Wildman–Crippen LogP) is 0.682. The Morgan fingerprint density at radius 2 is 2.43 bits per heavy atom. The fourth-order valence-electron chi connectivity index (χ4n) is 1.30. The second-order valence-electron chi connectivity index (χ2n) is 2.37. The molecule has 2 fully saturated rings. The zero-order chi connectivity index (χ0) is 4.85. The van der Waals surface area contributed by atoms with Crippen LogP contribution < -0.4 is 0 Å². The van der Waals surface area contributed by atoms with Crippen LogP contribution in [0.15, 0.2) is 0 Å². The predicted molar refractivity (Wildman–Crippen MR) is 29.6 cm³/mol. The molecule has 0 aromatic rings. The Labute approximate surface area is 48.3 Å². The van der Waals surface area contributed by atoms with Crippen LogP contribution in [0.5, 0.6) is 0 Å². The number of halogens is 1. The Bertz CT molecular complexity index is 90.1. The van der Waals surface area contributed by atoms with E-state index < -0.39 is 0 Å². The van der Waals surface area contributed by atoms with Crippen molar-refractivity contribution in [2.75, 3.05) is 13.1 Å². The molecule has 2 rings (SSSR count). The van der Waals surface area contributed by atoms with Gasteiger partial charge in [-0.25, -0.2) is 0 Å². The first-order valence-electron chi connectivity index (χ1n) is 2.76. The average molecular weight is 118 g/mol. The van der Waals surface area contributed by atoms with Crippen LogP contribution in [0, 0.1) is 0 Å². The van der Waals surface area contributed by atoms with Gasteiger partial charge in [-0.2, -0.15) is 0 Å². The molecule has 0 aromatic heterocycles. The van der Waals surface area contributed by atoms with E-state index in [0.717, 1.165) is 12.6 Å². The SMILES string of the molecule is ClC1CN2CCC12. The normalized spacial score (nSPS) is 49.3. The van der Waals surface area contributed by atoms with Gasteiger partial charge in [-0.1, -0.05) is 0 Å². The van der Waals surface area contributed by atoms with Crippen LogP contribution >= 0.6 is 11.6 Å². The van der Waals surface area contributed by atoms with Crippen molar-refractivity contribution in [2.45, 2.75) is 17.8 Å². The van der Waals surface area contributed by atoms with Crippen molar-refractivity contribution in [3.05, 3.63) is 0 Å². The van der Waals surface area contributed by atoms with Crippen molar-refractivity contribution >= 4 is 11.6 Å². The van der Waals surface area contributed by atoms with Crippen LogP contribution in [0.25, 0.3) is 0 Å². The molecule has 2 atom stereocenters. The van der Waals surface area contributed by atoms with Crippen LogP contribution in [0.1, 0.15) is 6.42 Å². The number of fused-ring (bicyclic) bond motifs is 1. The highest BCUT2D eigenvalue weighted by atomic mass is 35.5. The third kappa shape index (κ3) is 0.379. The first-order chi connectivity index (χ1) is 3.38. The van der Waals surface area contributed by atoms with Gasteiger partial charge in [-0.15, -0.1) is 11.6 Å². The molecular weight excluding hydrogens is 110 g/mol. The minimum absolute atomic E-state index is 0.494. The number of piperidine rings is 1. The summed E-state index contributed by atoms with van der Waals surface area (Å²) in [6.07, 6.45) is 1.34. The molecule has 0 N–H and O–H groups in total. The summed E-state index contributed by atoms with van der Waals surface area (Å²) in [5.41, 5.74) is 0. The van der Waals surface area contributed by atoms with Crippen molar-refractivity contribution in [1.29, 1.82) is 0 Å².